The van der Waals surface area contributed by atoms with E-state index in [0.29, 0.717) is 32.7 Å². The molecule has 0 saturated carbocycles. The third-order valence-corrected chi connectivity index (χ3v) is 6.94. The zero-order valence-electron chi connectivity index (χ0n) is 17.8. The molecule has 0 unspecified atom stereocenters. The van der Waals surface area contributed by atoms with Gasteiger partial charge in [0.2, 0.25) is 10.0 Å². The van der Waals surface area contributed by atoms with Gasteiger partial charge in [-0.2, -0.15) is 4.31 Å². The van der Waals surface area contributed by atoms with Gasteiger partial charge in [0.15, 0.2) is 6.54 Å². The number of benzene rings is 2. The lowest BCUT2D eigenvalue weighted by Crippen LogP contribution is -3.15. The first-order chi connectivity index (χ1) is 14.2. The summed E-state index contributed by atoms with van der Waals surface area (Å²) in [7, 11) is -3.46. The molecule has 0 bridgehead atoms. The fourth-order valence-electron chi connectivity index (χ4n) is 3.84. The number of piperazine rings is 1. The monoisotopic (exact) mass is 428 g/mol. The van der Waals surface area contributed by atoms with Crippen LogP contribution in [-0.4, -0.2) is 51.4 Å². The molecule has 1 fully saturated rings. The Morgan fingerprint density at radius 3 is 2.27 bits per heavy atom. The molecule has 0 aromatic heterocycles. The van der Waals surface area contributed by atoms with Crippen molar-refractivity contribution >= 4 is 27.7 Å². The van der Waals surface area contributed by atoms with Crippen molar-refractivity contribution in [3.05, 3.63) is 70.1 Å². The van der Waals surface area contributed by atoms with Crippen LogP contribution in [0, 0.1) is 20.8 Å². The highest BCUT2D eigenvalue weighted by atomic mass is 32.2. The second-order valence-corrected chi connectivity index (χ2v) is 9.72. The molecule has 1 amide bonds. The smallest absolute Gasteiger partial charge is 0.279 e. The van der Waals surface area contributed by atoms with Crippen molar-refractivity contribution in [2.24, 2.45) is 0 Å². The second-order valence-electron chi connectivity index (χ2n) is 7.91. The Hall–Kier alpha value is -2.48. The molecule has 30 heavy (non-hydrogen) atoms. The van der Waals surface area contributed by atoms with E-state index in [2.05, 4.69) is 17.4 Å². The number of nitrogens with one attached hydrogen (secondary N) is 2. The number of aryl methyl sites for hydroxylation is 3. The molecule has 1 heterocycles. The number of amides is 1. The van der Waals surface area contributed by atoms with Gasteiger partial charge in [0, 0.05) is 11.1 Å². The number of hydrogen-bond acceptors (Lipinski definition) is 3. The minimum Gasteiger partial charge on any atom is -0.325 e. The summed E-state index contributed by atoms with van der Waals surface area (Å²) in [5, 5.41) is 4.30. The van der Waals surface area contributed by atoms with Crippen LogP contribution in [0.5, 0.6) is 0 Å². The lowest BCUT2D eigenvalue weighted by molar-refractivity contribution is -0.895. The van der Waals surface area contributed by atoms with E-state index in [1.807, 2.05) is 51.1 Å². The molecule has 2 aromatic carbocycles. The Morgan fingerprint density at radius 1 is 1.07 bits per heavy atom. The number of anilines is 1. The molecule has 6 nitrogen and oxygen atoms in total. The van der Waals surface area contributed by atoms with Crippen LogP contribution in [0.3, 0.4) is 0 Å². The van der Waals surface area contributed by atoms with Gasteiger partial charge in [-0.15, -0.1) is 0 Å². The molecule has 0 atom stereocenters. The molecular formula is C23H30N3O3S+. The van der Waals surface area contributed by atoms with E-state index in [9.17, 15) is 13.2 Å². The summed E-state index contributed by atoms with van der Waals surface area (Å²) in [6.07, 6.45) is 1.62. The van der Waals surface area contributed by atoms with Crippen molar-refractivity contribution in [3.63, 3.8) is 0 Å². The third kappa shape index (κ3) is 5.78. The third-order valence-electron chi connectivity index (χ3n) is 5.37. The topological polar surface area (TPSA) is 70.9 Å². The molecule has 2 aromatic rings. The molecular weight excluding hydrogens is 398 g/mol. The summed E-state index contributed by atoms with van der Waals surface area (Å²) in [5.41, 5.74) is 5.00. The average molecular weight is 429 g/mol. The summed E-state index contributed by atoms with van der Waals surface area (Å²) < 4.78 is 26.7. The molecule has 0 aliphatic carbocycles. The predicted octanol–water partition coefficient (Wildman–Crippen LogP) is 1.75. The van der Waals surface area contributed by atoms with E-state index in [4.69, 9.17) is 0 Å². The molecule has 1 aliphatic rings. The zero-order valence-corrected chi connectivity index (χ0v) is 18.6. The maximum absolute atomic E-state index is 12.6. The fourth-order valence-corrected chi connectivity index (χ4v) is 5.03. The van der Waals surface area contributed by atoms with Crippen LogP contribution >= 0.6 is 0 Å². The van der Waals surface area contributed by atoms with Gasteiger partial charge >= 0.3 is 0 Å². The number of quaternary nitrogens is 1. The lowest BCUT2D eigenvalue weighted by Gasteiger charge is -2.30. The largest absolute Gasteiger partial charge is 0.325 e. The first kappa shape index (κ1) is 22.2. The summed E-state index contributed by atoms with van der Waals surface area (Å²) in [4.78, 5) is 13.6. The van der Waals surface area contributed by atoms with Crippen molar-refractivity contribution in [2.45, 2.75) is 20.8 Å². The predicted molar refractivity (Wildman–Crippen MR) is 121 cm³/mol. The number of nitrogens with zero attached hydrogens (tertiary/aromatic N) is 1. The van der Waals surface area contributed by atoms with Gasteiger partial charge in [-0.05, 0) is 43.5 Å². The van der Waals surface area contributed by atoms with Crippen LogP contribution in [0.2, 0.25) is 0 Å². The maximum atomic E-state index is 12.6. The van der Waals surface area contributed by atoms with E-state index in [1.54, 1.807) is 6.08 Å². The van der Waals surface area contributed by atoms with Crippen LogP contribution in [-0.2, 0) is 14.8 Å². The van der Waals surface area contributed by atoms with Crippen LogP contribution in [0.1, 0.15) is 22.3 Å². The number of sulfonamides is 1. The number of hydrogen-bond donors (Lipinski definition) is 2. The van der Waals surface area contributed by atoms with E-state index in [-0.39, 0.29) is 5.91 Å². The highest BCUT2D eigenvalue weighted by molar-refractivity contribution is 7.92. The van der Waals surface area contributed by atoms with E-state index in [0.717, 1.165) is 27.3 Å². The maximum Gasteiger partial charge on any atom is 0.279 e. The summed E-state index contributed by atoms with van der Waals surface area (Å²) in [6, 6.07) is 13.5. The summed E-state index contributed by atoms with van der Waals surface area (Å²) in [5.74, 6) is -0.0414. The SMILES string of the molecule is Cc1cc(C)c(NC(=O)C[NH+]2CCN(S(=O)(=O)/C=C/c3ccccc3)CC2)c(C)c1. The molecule has 160 valence electrons. The molecule has 1 saturated heterocycles. The Morgan fingerprint density at radius 2 is 1.67 bits per heavy atom. The fraction of sp³-hybridized carbons (Fsp3) is 0.348. The summed E-state index contributed by atoms with van der Waals surface area (Å²) in [6.45, 7) is 8.40. The van der Waals surface area contributed by atoms with Crippen LogP contribution in [0.25, 0.3) is 6.08 Å². The Labute approximate surface area is 179 Å². The van der Waals surface area contributed by atoms with Gasteiger partial charge in [-0.25, -0.2) is 8.42 Å². The van der Waals surface area contributed by atoms with Crippen molar-refractivity contribution in [3.8, 4) is 0 Å². The zero-order chi connectivity index (χ0) is 21.7. The molecule has 7 heteroatoms. The normalized spacial score (nSPS) is 16.1. The first-order valence-electron chi connectivity index (χ1n) is 10.2. The van der Waals surface area contributed by atoms with E-state index < -0.39 is 10.0 Å². The highest BCUT2D eigenvalue weighted by Gasteiger charge is 2.28. The number of carbonyl (C=O) groups is 1. The molecule has 0 radical (unpaired) electrons. The van der Waals surface area contributed by atoms with Crippen LogP contribution in [0.15, 0.2) is 47.9 Å². The van der Waals surface area contributed by atoms with Gasteiger partial charge < -0.3 is 10.2 Å². The van der Waals surface area contributed by atoms with Crippen LogP contribution in [0.4, 0.5) is 5.69 Å². The molecule has 1 aliphatic heterocycles. The van der Waals surface area contributed by atoms with E-state index >= 15 is 0 Å². The average Bonchev–Trinajstić information content (AvgIpc) is 2.70. The minimum absolute atomic E-state index is 0.0414. The highest BCUT2D eigenvalue weighted by Crippen LogP contribution is 2.21. The quantitative estimate of drug-likeness (QED) is 0.737. The number of carbonyl (C=O) groups excluding carboxylic acids is 1. The second kappa shape index (κ2) is 9.55. The first-order valence-corrected chi connectivity index (χ1v) is 11.7. The molecule has 3 rings (SSSR count). The van der Waals surface area contributed by atoms with E-state index in [1.165, 1.54) is 15.3 Å². The van der Waals surface area contributed by atoms with Gasteiger partial charge in [-0.1, -0.05) is 48.0 Å². The Kier molecular flexibility index (Phi) is 7.07. The van der Waals surface area contributed by atoms with Crippen molar-refractivity contribution in [1.29, 1.82) is 0 Å². The minimum atomic E-state index is -3.46. The van der Waals surface area contributed by atoms with Crippen molar-refractivity contribution in [1.82, 2.24) is 4.31 Å². The lowest BCUT2D eigenvalue weighted by atomic mass is 10.1. The number of rotatable bonds is 6. The summed E-state index contributed by atoms with van der Waals surface area (Å²) >= 11 is 0. The van der Waals surface area contributed by atoms with Crippen molar-refractivity contribution < 1.29 is 18.1 Å². The molecule has 0 spiro atoms. The molecule has 2 N–H and O–H groups in total. The van der Waals surface area contributed by atoms with Crippen molar-refractivity contribution in [2.75, 3.05) is 38.0 Å². The van der Waals surface area contributed by atoms with Gasteiger partial charge in [-0.3, -0.25) is 4.79 Å². The van der Waals surface area contributed by atoms with Gasteiger partial charge in [0.25, 0.3) is 5.91 Å². The Bertz CT molecular complexity index is 1000. The Balaban J connectivity index is 1.53. The van der Waals surface area contributed by atoms with Crippen LogP contribution < -0.4 is 10.2 Å². The van der Waals surface area contributed by atoms with Gasteiger partial charge in [0.05, 0.1) is 26.2 Å². The standard InChI is InChI=1S/C23H29N3O3S/c1-18-15-19(2)23(20(3)16-18)24-22(27)17-25-10-12-26(13-11-25)30(28,29)14-9-21-7-5-4-6-8-21/h4-9,14-16H,10-13,17H2,1-3H3,(H,24,27)/p+1/b14-9+. The van der Waals surface area contributed by atoms with Gasteiger partial charge in [0.1, 0.15) is 0 Å².